The molecule has 0 unspecified atom stereocenters. The lowest BCUT2D eigenvalue weighted by Gasteiger charge is -2.08. The van der Waals surface area contributed by atoms with Crippen molar-refractivity contribution in [2.24, 2.45) is 0 Å². The van der Waals surface area contributed by atoms with Crippen LogP contribution in [0, 0.1) is 0 Å². The van der Waals surface area contributed by atoms with Crippen molar-refractivity contribution in [1.82, 2.24) is 9.97 Å². The lowest BCUT2D eigenvalue weighted by Crippen LogP contribution is -2.05. The van der Waals surface area contributed by atoms with Gasteiger partial charge in [0, 0.05) is 28.9 Å². The van der Waals surface area contributed by atoms with Crippen molar-refractivity contribution in [3.8, 4) is 22.8 Å². The standard InChI is InChI=1S/C17H15N3O2.C7H5F3S/c18-17-16(19-8-9-20-17)13-6-4-12(5-7-13)11-22-15-3-1-2-14(21)10-15;8-7(9,10)5-3-1-2-4-6(5)11/h1-10,21H,11H2,(H2,18,20);1-4,11H. The first-order valence-corrected chi connectivity index (χ1v) is 10.1. The number of alkyl halides is 3. The van der Waals surface area contributed by atoms with Gasteiger partial charge in [0.05, 0.1) is 5.56 Å². The number of nitrogen functional groups attached to an aromatic ring is 1. The Hall–Kier alpha value is -3.72. The zero-order valence-electron chi connectivity index (χ0n) is 17.2. The fraction of sp³-hybridized carbons (Fsp3) is 0.0833. The van der Waals surface area contributed by atoms with Gasteiger partial charge in [-0.05, 0) is 29.8 Å². The van der Waals surface area contributed by atoms with Gasteiger partial charge in [0.1, 0.15) is 29.6 Å². The number of phenols is 1. The molecule has 0 bridgehead atoms. The molecule has 0 saturated carbocycles. The predicted molar refractivity (Wildman–Crippen MR) is 123 cm³/mol. The number of halogens is 3. The minimum absolute atomic E-state index is 0.0417. The number of phenolic OH excluding ortho intramolecular Hbond substituents is 1. The first-order valence-electron chi connectivity index (χ1n) is 9.67. The molecule has 3 N–H and O–H groups in total. The van der Waals surface area contributed by atoms with Crippen LogP contribution in [0.25, 0.3) is 11.3 Å². The Bertz CT molecular complexity index is 1200. The van der Waals surface area contributed by atoms with Crippen molar-refractivity contribution in [3.05, 3.63) is 96.3 Å². The van der Waals surface area contributed by atoms with E-state index in [4.69, 9.17) is 10.5 Å². The Morgan fingerprint density at radius 3 is 2.21 bits per heavy atom. The van der Waals surface area contributed by atoms with Gasteiger partial charge in [0.15, 0.2) is 0 Å². The molecule has 33 heavy (non-hydrogen) atoms. The van der Waals surface area contributed by atoms with E-state index in [9.17, 15) is 18.3 Å². The minimum Gasteiger partial charge on any atom is -0.508 e. The summed E-state index contributed by atoms with van der Waals surface area (Å²) in [6.45, 7) is 0.416. The fourth-order valence-electron chi connectivity index (χ4n) is 2.78. The third-order valence-corrected chi connectivity index (χ3v) is 4.78. The summed E-state index contributed by atoms with van der Waals surface area (Å²) in [4.78, 5) is 8.22. The molecule has 0 saturated heterocycles. The van der Waals surface area contributed by atoms with Crippen LogP contribution in [-0.2, 0) is 12.8 Å². The number of aromatic hydroxyl groups is 1. The van der Waals surface area contributed by atoms with E-state index in [1.165, 1.54) is 18.2 Å². The molecule has 170 valence electrons. The number of anilines is 1. The van der Waals surface area contributed by atoms with Crippen molar-refractivity contribution in [3.63, 3.8) is 0 Å². The van der Waals surface area contributed by atoms with Crippen molar-refractivity contribution >= 4 is 18.4 Å². The van der Waals surface area contributed by atoms with E-state index in [0.717, 1.165) is 17.2 Å². The van der Waals surface area contributed by atoms with Gasteiger partial charge in [-0.2, -0.15) is 13.2 Å². The van der Waals surface area contributed by atoms with Gasteiger partial charge in [0.2, 0.25) is 0 Å². The molecule has 0 aliphatic heterocycles. The highest BCUT2D eigenvalue weighted by Crippen LogP contribution is 2.33. The summed E-state index contributed by atoms with van der Waals surface area (Å²) in [5.41, 5.74) is 7.71. The van der Waals surface area contributed by atoms with Crippen LogP contribution in [-0.4, -0.2) is 15.1 Å². The molecule has 1 heterocycles. The van der Waals surface area contributed by atoms with E-state index in [0.29, 0.717) is 23.9 Å². The smallest absolute Gasteiger partial charge is 0.417 e. The number of nitrogens with zero attached hydrogens (tertiary/aromatic N) is 2. The van der Waals surface area contributed by atoms with Crippen molar-refractivity contribution in [1.29, 1.82) is 0 Å². The zero-order chi connectivity index (χ0) is 23.8. The highest BCUT2D eigenvalue weighted by molar-refractivity contribution is 7.80. The van der Waals surface area contributed by atoms with Gasteiger partial charge in [-0.25, -0.2) is 4.98 Å². The van der Waals surface area contributed by atoms with Gasteiger partial charge >= 0.3 is 6.18 Å². The number of aromatic nitrogens is 2. The van der Waals surface area contributed by atoms with Crippen molar-refractivity contribution in [2.45, 2.75) is 17.7 Å². The molecule has 9 heteroatoms. The molecule has 0 fully saturated rings. The number of ether oxygens (including phenoxy) is 1. The first kappa shape index (κ1) is 23.9. The molecule has 4 rings (SSSR count). The molecular weight excluding hydrogens is 451 g/mol. The molecule has 0 aliphatic carbocycles. The molecule has 5 nitrogen and oxygen atoms in total. The second kappa shape index (κ2) is 10.7. The first-order chi connectivity index (χ1) is 15.7. The molecule has 0 spiro atoms. The lowest BCUT2D eigenvalue weighted by atomic mass is 10.1. The Morgan fingerprint density at radius 2 is 1.61 bits per heavy atom. The summed E-state index contributed by atoms with van der Waals surface area (Å²) in [6, 6.07) is 19.6. The van der Waals surface area contributed by atoms with Crippen LogP contribution in [0.15, 0.2) is 90.1 Å². The number of thiol groups is 1. The molecule has 3 aromatic carbocycles. The van der Waals surface area contributed by atoms with Gasteiger partial charge < -0.3 is 15.6 Å². The summed E-state index contributed by atoms with van der Waals surface area (Å²) in [5, 5.41) is 9.39. The van der Waals surface area contributed by atoms with E-state index < -0.39 is 11.7 Å². The summed E-state index contributed by atoms with van der Waals surface area (Å²) >= 11 is 3.67. The van der Waals surface area contributed by atoms with Crippen LogP contribution in [0.3, 0.4) is 0 Å². The van der Waals surface area contributed by atoms with Crippen LogP contribution < -0.4 is 10.5 Å². The normalized spacial score (nSPS) is 10.8. The molecule has 0 radical (unpaired) electrons. The van der Waals surface area contributed by atoms with Crippen LogP contribution in [0.1, 0.15) is 11.1 Å². The van der Waals surface area contributed by atoms with Gasteiger partial charge in [-0.15, -0.1) is 12.6 Å². The van der Waals surface area contributed by atoms with Gasteiger partial charge in [-0.3, -0.25) is 4.98 Å². The molecule has 0 amide bonds. The number of hydrogen-bond acceptors (Lipinski definition) is 6. The van der Waals surface area contributed by atoms with Crippen molar-refractivity contribution < 1.29 is 23.0 Å². The third kappa shape index (κ3) is 6.88. The summed E-state index contributed by atoms with van der Waals surface area (Å²) in [6.07, 6.45) is -1.11. The van der Waals surface area contributed by atoms with E-state index >= 15 is 0 Å². The topological polar surface area (TPSA) is 81.3 Å². The highest BCUT2D eigenvalue weighted by atomic mass is 32.1. The summed E-state index contributed by atoms with van der Waals surface area (Å²) < 4.78 is 41.6. The highest BCUT2D eigenvalue weighted by Gasteiger charge is 2.31. The molecular formula is C24H20F3N3O2S. The van der Waals surface area contributed by atoms with Gasteiger partial charge in [-0.1, -0.05) is 42.5 Å². The Kier molecular flexibility index (Phi) is 7.78. The van der Waals surface area contributed by atoms with E-state index in [1.807, 2.05) is 24.3 Å². The Labute approximate surface area is 194 Å². The zero-order valence-corrected chi connectivity index (χ0v) is 18.1. The maximum Gasteiger partial charge on any atom is 0.417 e. The van der Waals surface area contributed by atoms with E-state index in [2.05, 4.69) is 22.6 Å². The maximum absolute atomic E-state index is 12.0. The van der Waals surface area contributed by atoms with E-state index in [-0.39, 0.29) is 10.6 Å². The van der Waals surface area contributed by atoms with E-state index in [1.54, 1.807) is 36.7 Å². The van der Waals surface area contributed by atoms with Crippen LogP contribution in [0.5, 0.6) is 11.5 Å². The Balaban J connectivity index is 0.000000235. The summed E-state index contributed by atoms with van der Waals surface area (Å²) in [7, 11) is 0. The largest absolute Gasteiger partial charge is 0.508 e. The number of hydrogen-bond donors (Lipinski definition) is 3. The quantitative estimate of drug-likeness (QED) is 0.318. The second-order valence-corrected chi connectivity index (χ2v) is 7.27. The maximum atomic E-state index is 12.0. The minimum atomic E-state index is -4.29. The Morgan fingerprint density at radius 1 is 0.909 bits per heavy atom. The second-order valence-electron chi connectivity index (χ2n) is 6.79. The van der Waals surface area contributed by atoms with Crippen molar-refractivity contribution in [2.75, 3.05) is 5.73 Å². The lowest BCUT2D eigenvalue weighted by molar-refractivity contribution is -0.139. The number of nitrogens with two attached hydrogens (primary N) is 1. The number of rotatable bonds is 4. The van der Waals surface area contributed by atoms with Crippen LogP contribution in [0.2, 0.25) is 0 Å². The van der Waals surface area contributed by atoms with Crippen LogP contribution in [0.4, 0.5) is 19.0 Å². The van der Waals surface area contributed by atoms with Gasteiger partial charge in [0.25, 0.3) is 0 Å². The van der Waals surface area contributed by atoms with Crippen LogP contribution >= 0.6 is 12.6 Å². The average molecular weight is 472 g/mol. The molecule has 0 atom stereocenters. The monoisotopic (exact) mass is 471 g/mol. The SMILES string of the molecule is FC(F)(F)c1ccccc1S.Nc1nccnc1-c1ccc(COc2cccc(O)c2)cc1. The predicted octanol–water partition coefficient (Wildman–Crippen LogP) is 6.00. The summed E-state index contributed by atoms with van der Waals surface area (Å²) in [5.74, 6) is 1.22. The molecule has 0 aliphatic rings. The average Bonchev–Trinajstić information content (AvgIpc) is 2.79. The fourth-order valence-corrected chi connectivity index (χ4v) is 3.07. The number of benzene rings is 3. The molecule has 4 aromatic rings. The third-order valence-electron chi connectivity index (χ3n) is 4.39. The molecule has 1 aromatic heterocycles.